The molecule has 112 valence electrons. The van der Waals surface area contributed by atoms with Crippen LogP contribution in [0.15, 0.2) is 30.6 Å². The summed E-state index contributed by atoms with van der Waals surface area (Å²) < 4.78 is 24.9. The van der Waals surface area contributed by atoms with E-state index in [9.17, 15) is 9.18 Å². The zero-order valence-corrected chi connectivity index (χ0v) is 11.8. The first-order valence-electron chi connectivity index (χ1n) is 6.30. The van der Waals surface area contributed by atoms with Crippen molar-refractivity contribution in [3.05, 3.63) is 42.0 Å². The summed E-state index contributed by atoms with van der Waals surface area (Å²) in [7, 11) is 2.97. The second-order valence-corrected chi connectivity index (χ2v) is 4.29. The van der Waals surface area contributed by atoms with E-state index in [-0.39, 0.29) is 11.3 Å². The molecule has 0 spiro atoms. The van der Waals surface area contributed by atoms with Gasteiger partial charge in [-0.15, -0.1) is 0 Å². The third kappa shape index (κ3) is 3.79. The van der Waals surface area contributed by atoms with Gasteiger partial charge in [-0.3, -0.25) is 9.48 Å². The summed E-state index contributed by atoms with van der Waals surface area (Å²) in [6, 6.07) is 4.03. The van der Waals surface area contributed by atoms with Crippen molar-refractivity contribution in [3.63, 3.8) is 0 Å². The summed E-state index contributed by atoms with van der Waals surface area (Å²) in [6.45, 7) is 1.11. The molecule has 2 aromatic rings. The quantitative estimate of drug-likeness (QED) is 0.884. The number of methoxy groups -OCH3 is 2. The van der Waals surface area contributed by atoms with E-state index in [0.717, 1.165) is 6.07 Å². The van der Waals surface area contributed by atoms with Crippen LogP contribution in [0.5, 0.6) is 5.75 Å². The lowest BCUT2D eigenvalue weighted by molar-refractivity contribution is 0.102. The second kappa shape index (κ2) is 6.85. The number of rotatable bonds is 6. The predicted octanol–water partition coefficient (Wildman–Crippen LogP) is 1.93. The van der Waals surface area contributed by atoms with Crippen LogP contribution in [0.2, 0.25) is 0 Å². The molecular formula is C14H16FN3O3. The highest BCUT2D eigenvalue weighted by molar-refractivity contribution is 6.04. The van der Waals surface area contributed by atoms with Crippen LogP contribution in [-0.2, 0) is 11.3 Å². The van der Waals surface area contributed by atoms with Gasteiger partial charge in [0.1, 0.15) is 0 Å². The first kappa shape index (κ1) is 15.0. The maximum absolute atomic E-state index is 13.6. The van der Waals surface area contributed by atoms with Crippen molar-refractivity contribution in [3.8, 4) is 5.75 Å². The summed E-state index contributed by atoms with van der Waals surface area (Å²) in [5.41, 5.74) is 0.741. The number of nitrogens with zero attached hydrogens (tertiary/aromatic N) is 2. The minimum Gasteiger partial charge on any atom is -0.494 e. The van der Waals surface area contributed by atoms with Crippen molar-refractivity contribution in [1.29, 1.82) is 0 Å². The van der Waals surface area contributed by atoms with E-state index in [1.54, 1.807) is 18.0 Å². The Morgan fingerprint density at radius 1 is 1.43 bits per heavy atom. The van der Waals surface area contributed by atoms with Crippen molar-refractivity contribution in [2.45, 2.75) is 6.54 Å². The molecule has 0 bridgehead atoms. The van der Waals surface area contributed by atoms with E-state index < -0.39 is 11.7 Å². The highest BCUT2D eigenvalue weighted by atomic mass is 19.1. The van der Waals surface area contributed by atoms with E-state index >= 15 is 0 Å². The van der Waals surface area contributed by atoms with Crippen molar-refractivity contribution >= 4 is 11.6 Å². The third-order valence-electron chi connectivity index (χ3n) is 2.83. The van der Waals surface area contributed by atoms with Crippen LogP contribution in [0.25, 0.3) is 0 Å². The van der Waals surface area contributed by atoms with Crippen LogP contribution < -0.4 is 10.1 Å². The SMILES string of the molecule is COCCn1cc(NC(=O)c2ccc(OC)c(F)c2)cn1. The first-order valence-corrected chi connectivity index (χ1v) is 6.30. The molecule has 0 aliphatic heterocycles. The number of nitrogens with one attached hydrogen (secondary N) is 1. The standard InChI is InChI=1S/C14H16FN3O3/c1-20-6-5-18-9-11(8-16-18)17-14(19)10-3-4-13(21-2)12(15)7-10/h3-4,7-9H,5-6H2,1-2H3,(H,17,19). The summed E-state index contributed by atoms with van der Waals surface area (Å²) >= 11 is 0. The number of carbonyl (C=O) groups excluding carboxylic acids is 1. The van der Waals surface area contributed by atoms with Crippen molar-refractivity contribution in [2.24, 2.45) is 0 Å². The summed E-state index contributed by atoms with van der Waals surface area (Å²) in [5, 5.41) is 6.72. The highest BCUT2D eigenvalue weighted by Crippen LogP contribution is 2.18. The molecule has 0 saturated carbocycles. The van der Waals surface area contributed by atoms with Gasteiger partial charge in [-0.2, -0.15) is 5.10 Å². The molecule has 7 heteroatoms. The van der Waals surface area contributed by atoms with Gasteiger partial charge in [0.25, 0.3) is 5.91 Å². The second-order valence-electron chi connectivity index (χ2n) is 4.29. The Morgan fingerprint density at radius 3 is 2.90 bits per heavy atom. The topological polar surface area (TPSA) is 65.4 Å². The number of amides is 1. The van der Waals surface area contributed by atoms with Gasteiger partial charge >= 0.3 is 0 Å². The Balaban J connectivity index is 2.03. The molecule has 0 aliphatic rings. The summed E-state index contributed by atoms with van der Waals surface area (Å²) in [6.07, 6.45) is 3.20. The zero-order chi connectivity index (χ0) is 15.2. The van der Waals surface area contributed by atoms with Gasteiger partial charge in [0.15, 0.2) is 11.6 Å². The van der Waals surface area contributed by atoms with Crippen molar-refractivity contribution in [1.82, 2.24) is 9.78 Å². The van der Waals surface area contributed by atoms with Gasteiger partial charge in [-0.25, -0.2) is 4.39 Å². The average molecular weight is 293 g/mol. The van der Waals surface area contributed by atoms with E-state index in [1.807, 2.05) is 0 Å². The molecule has 1 amide bonds. The molecular weight excluding hydrogens is 277 g/mol. The number of anilines is 1. The summed E-state index contributed by atoms with van der Waals surface area (Å²) in [5.74, 6) is -0.900. The van der Waals surface area contributed by atoms with Crippen LogP contribution in [0, 0.1) is 5.82 Å². The number of halogens is 1. The van der Waals surface area contributed by atoms with Crippen molar-refractivity contribution in [2.75, 3.05) is 26.1 Å². The maximum Gasteiger partial charge on any atom is 0.255 e. The number of hydrogen-bond donors (Lipinski definition) is 1. The smallest absolute Gasteiger partial charge is 0.255 e. The molecule has 0 saturated heterocycles. The number of ether oxygens (including phenoxy) is 2. The summed E-state index contributed by atoms with van der Waals surface area (Å²) in [4.78, 5) is 12.0. The Bertz CT molecular complexity index is 628. The van der Waals surface area contributed by atoms with Gasteiger partial charge in [0.2, 0.25) is 0 Å². The molecule has 1 heterocycles. The Labute approximate surface area is 121 Å². The minimum atomic E-state index is -0.582. The zero-order valence-electron chi connectivity index (χ0n) is 11.8. The molecule has 21 heavy (non-hydrogen) atoms. The number of benzene rings is 1. The van der Waals surface area contributed by atoms with E-state index in [2.05, 4.69) is 10.4 Å². The number of hydrogen-bond acceptors (Lipinski definition) is 4. The van der Waals surface area contributed by atoms with E-state index in [4.69, 9.17) is 9.47 Å². The fraction of sp³-hybridized carbons (Fsp3) is 0.286. The van der Waals surface area contributed by atoms with Gasteiger partial charge in [0.05, 0.1) is 32.1 Å². The maximum atomic E-state index is 13.6. The minimum absolute atomic E-state index is 0.0962. The van der Waals surface area contributed by atoms with Crippen LogP contribution in [-0.4, -0.2) is 36.5 Å². The van der Waals surface area contributed by atoms with Crippen molar-refractivity contribution < 1.29 is 18.7 Å². The van der Waals surface area contributed by atoms with Crippen LogP contribution >= 0.6 is 0 Å². The number of aromatic nitrogens is 2. The van der Waals surface area contributed by atoms with Gasteiger partial charge in [-0.05, 0) is 18.2 Å². The van der Waals surface area contributed by atoms with Crippen LogP contribution in [0.1, 0.15) is 10.4 Å². The molecule has 1 aromatic carbocycles. The monoisotopic (exact) mass is 293 g/mol. The molecule has 0 fully saturated rings. The van der Waals surface area contributed by atoms with E-state index in [0.29, 0.717) is 18.8 Å². The highest BCUT2D eigenvalue weighted by Gasteiger charge is 2.11. The van der Waals surface area contributed by atoms with Crippen LogP contribution in [0.4, 0.5) is 10.1 Å². The van der Waals surface area contributed by atoms with Crippen LogP contribution in [0.3, 0.4) is 0 Å². The normalized spacial score (nSPS) is 10.4. The molecule has 0 radical (unpaired) electrons. The predicted molar refractivity (Wildman–Crippen MR) is 75.0 cm³/mol. The molecule has 0 unspecified atom stereocenters. The fourth-order valence-electron chi connectivity index (χ4n) is 1.75. The van der Waals surface area contributed by atoms with Gasteiger partial charge in [0, 0.05) is 18.9 Å². The largest absolute Gasteiger partial charge is 0.494 e. The molecule has 1 aromatic heterocycles. The lowest BCUT2D eigenvalue weighted by Crippen LogP contribution is -2.12. The Kier molecular flexibility index (Phi) is 4.89. The Morgan fingerprint density at radius 2 is 2.24 bits per heavy atom. The third-order valence-corrected chi connectivity index (χ3v) is 2.83. The number of carbonyl (C=O) groups is 1. The molecule has 0 atom stereocenters. The first-order chi connectivity index (χ1) is 10.1. The van der Waals surface area contributed by atoms with Gasteiger partial charge in [-0.1, -0.05) is 0 Å². The van der Waals surface area contributed by atoms with E-state index in [1.165, 1.54) is 25.4 Å². The fourth-order valence-corrected chi connectivity index (χ4v) is 1.75. The lowest BCUT2D eigenvalue weighted by atomic mass is 10.2. The molecule has 2 rings (SSSR count). The lowest BCUT2D eigenvalue weighted by Gasteiger charge is -2.05. The average Bonchev–Trinajstić information content (AvgIpc) is 2.92. The Hall–Kier alpha value is -2.41. The molecule has 1 N–H and O–H groups in total. The molecule has 6 nitrogen and oxygen atoms in total. The molecule has 0 aliphatic carbocycles. The van der Waals surface area contributed by atoms with Gasteiger partial charge < -0.3 is 14.8 Å².